The number of hydrogen-bond donors (Lipinski definition) is 0. The zero-order chi connectivity index (χ0) is 10.4. The first-order valence-electron chi connectivity index (χ1n) is 5.08. The largest absolute Gasteiger partial charge is 0.0775 e. The van der Waals surface area contributed by atoms with Crippen molar-refractivity contribution in [3.8, 4) is 0 Å². The predicted molar refractivity (Wildman–Crippen MR) is 63.6 cm³/mol. The molecule has 0 fully saturated rings. The summed E-state index contributed by atoms with van der Waals surface area (Å²) in [6.07, 6.45) is 2.49. The Balaban J connectivity index is 3.20. The van der Waals surface area contributed by atoms with Crippen LogP contribution in [0.4, 0.5) is 0 Å². The van der Waals surface area contributed by atoms with Crippen molar-refractivity contribution in [3.05, 3.63) is 22.4 Å². The molecule has 0 spiro atoms. The summed E-state index contributed by atoms with van der Waals surface area (Å²) in [5, 5.41) is 1.66. The molecule has 0 nitrogen and oxygen atoms in total. The van der Waals surface area contributed by atoms with E-state index in [4.69, 9.17) is 0 Å². The Kier molecular flexibility index (Phi) is 2.36. The Bertz CT molecular complexity index is 285. The number of hydrogen-bond acceptors (Lipinski definition) is 0. The molecule has 0 unspecified atom stereocenters. The summed E-state index contributed by atoms with van der Waals surface area (Å²) in [5.41, 5.74) is 3.42. The lowest BCUT2D eigenvalue weighted by molar-refractivity contribution is 0.588. The van der Waals surface area contributed by atoms with Crippen molar-refractivity contribution >= 4 is 8.07 Å². The van der Waals surface area contributed by atoms with E-state index in [9.17, 15) is 0 Å². The van der Waals surface area contributed by atoms with Gasteiger partial charge >= 0.3 is 0 Å². The van der Waals surface area contributed by atoms with Crippen LogP contribution in [-0.2, 0) is 0 Å². The molecule has 1 heteroatoms. The average molecular weight is 194 g/mol. The van der Waals surface area contributed by atoms with Gasteiger partial charge in [0.2, 0.25) is 0 Å². The average Bonchev–Trinajstić information content (AvgIpc) is 2.12. The van der Waals surface area contributed by atoms with E-state index < -0.39 is 8.07 Å². The van der Waals surface area contributed by atoms with Gasteiger partial charge in [0.05, 0.1) is 8.07 Å². The molecule has 0 atom stereocenters. The van der Waals surface area contributed by atoms with E-state index in [0.717, 1.165) is 0 Å². The van der Waals surface area contributed by atoms with Gasteiger partial charge in [-0.1, -0.05) is 55.9 Å². The van der Waals surface area contributed by atoms with Crippen LogP contribution < -0.4 is 0 Å². The first-order chi connectivity index (χ1) is 5.66. The van der Waals surface area contributed by atoms with E-state index >= 15 is 0 Å². The molecule has 1 aliphatic carbocycles. The molecule has 13 heavy (non-hydrogen) atoms. The molecular formula is C12H22Si. The fraction of sp³-hybridized carbons (Fsp3) is 0.667. The molecule has 0 bridgehead atoms. The summed E-state index contributed by atoms with van der Waals surface area (Å²) in [6.45, 7) is 16.5. The molecule has 0 amide bonds. The molecule has 0 aromatic rings. The third-order valence-corrected chi connectivity index (χ3v) is 5.38. The van der Waals surface area contributed by atoms with E-state index in [2.05, 4.69) is 53.4 Å². The Morgan fingerprint density at radius 2 is 1.54 bits per heavy atom. The van der Waals surface area contributed by atoms with Crippen LogP contribution in [0.2, 0.25) is 19.6 Å². The molecule has 0 radical (unpaired) electrons. The van der Waals surface area contributed by atoms with Gasteiger partial charge in [0.15, 0.2) is 0 Å². The van der Waals surface area contributed by atoms with Crippen LogP contribution in [0.5, 0.6) is 0 Å². The van der Waals surface area contributed by atoms with Gasteiger partial charge in [0.1, 0.15) is 0 Å². The summed E-state index contributed by atoms with van der Waals surface area (Å²) >= 11 is 0. The first-order valence-corrected chi connectivity index (χ1v) is 8.58. The quantitative estimate of drug-likeness (QED) is 0.550. The van der Waals surface area contributed by atoms with E-state index in [1.807, 2.05) is 0 Å². The zero-order valence-electron chi connectivity index (χ0n) is 10.1. The van der Waals surface area contributed by atoms with Crippen molar-refractivity contribution in [2.75, 3.05) is 0 Å². The maximum atomic E-state index is 2.49. The minimum atomic E-state index is -1.11. The van der Waals surface area contributed by atoms with Crippen LogP contribution in [0.3, 0.4) is 0 Å². The van der Waals surface area contributed by atoms with Gasteiger partial charge < -0.3 is 0 Å². The summed E-state index contributed by atoms with van der Waals surface area (Å²) in [4.78, 5) is 0. The normalized spacial score (nSPS) is 22.2. The summed E-state index contributed by atoms with van der Waals surface area (Å²) in [5.74, 6) is 0. The lowest BCUT2D eigenvalue weighted by Crippen LogP contribution is -2.24. The van der Waals surface area contributed by atoms with E-state index in [0.29, 0.717) is 5.41 Å². The lowest BCUT2D eigenvalue weighted by atomic mass is 9.88. The molecule has 0 aliphatic heterocycles. The third-order valence-electron chi connectivity index (χ3n) is 3.25. The van der Waals surface area contributed by atoms with Crippen molar-refractivity contribution < 1.29 is 0 Å². The SMILES string of the molecule is CC1=C(C)C(C)(C)C=C1[Si](C)(C)C. The minimum absolute atomic E-state index is 0.305. The van der Waals surface area contributed by atoms with Crippen LogP contribution in [-0.4, -0.2) is 8.07 Å². The molecule has 0 heterocycles. The standard InChI is InChI=1S/C12H22Si/c1-9-10(2)12(3,4)8-11(9)13(5,6)7/h8H,1-7H3. The van der Waals surface area contributed by atoms with Crippen molar-refractivity contribution in [1.82, 2.24) is 0 Å². The van der Waals surface area contributed by atoms with Gasteiger partial charge in [-0.05, 0) is 13.8 Å². The van der Waals surface area contributed by atoms with E-state index in [-0.39, 0.29) is 0 Å². The highest BCUT2D eigenvalue weighted by Gasteiger charge is 2.33. The molecule has 0 saturated carbocycles. The molecule has 1 rings (SSSR count). The van der Waals surface area contributed by atoms with Crippen LogP contribution in [0.1, 0.15) is 27.7 Å². The molecule has 0 aromatic heterocycles. The van der Waals surface area contributed by atoms with Gasteiger partial charge in [-0.3, -0.25) is 0 Å². The Morgan fingerprint density at radius 1 is 1.08 bits per heavy atom. The van der Waals surface area contributed by atoms with Gasteiger partial charge in [0, 0.05) is 5.41 Å². The van der Waals surface area contributed by atoms with Gasteiger partial charge in [-0.25, -0.2) is 0 Å². The Labute approximate surface area is 83.7 Å². The zero-order valence-corrected chi connectivity index (χ0v) is 11.1. The molecule has 0 saturated heterocycles. The minimum Gasteiger partial charge on any atom is -0.0753 e. The monoisotopic (exact) mass is 194 g/mol. The Hall–Kier alpha value is -0.303. The second-order valence-electron chi connectivity index (χ2n) is 5.78. The fourth-order valence-electron chi connectivity index (χ4n) is 2.04. The molecule has 74 valence electrons. The lowest BCUT2D eigenvalue weighted by Gasteiger charge is -2.19. The van der Waals surface area contributed by atoms with E-state index in [1.165, 1.54) is 0 Å². The van der Waals surface area contributed by atoms with Crippen LogP contribution in [0, 0.1) is 5.41 Å². The highest BCUT2D eigenvalue weighted by Crippen LogP contribution is 2.43. The summed E-state index contributed by atoms with van der Waals surface area (Å²) in [6, 6.07) is 0. The van der Waals surface area contributed by atoms with Gasteiger partial charge in [-0.15, -0.1) is 0 Å². The predicted octanol–water partition coefficient (Wildman–Crippen LogP) is 4.17. The fourth-order valence-corrected chi connectivity index (χ4v) is 4.15. The topological polar surface area (TPSA) is 0 Å². The van der Waals surface area contributed by atoms with Crippen molar-refractivity contribution in [1.29, 1.82) is 0 Å². The highest BCUT2D eigenvalue weighted by molar-refractivity contribution is 6.84. The second-order valence-corrected chi connectivity index (χ2v) is 10.8. The van der Waals surface area contributed by atoms with Crippen LogP contribution >= 0.6 is 0 Å². The third kappa shape index (κ3) is 1.80. The molecule has 0 N–H and O–H groups in total. The number of rotatable bonds is 1. The molecule has 1 aliphatic rings. The van der Waals surface area contributed by atoms with Crippen LogP contribution in [0.15, 0.2) is 22.4 Å². The van der Waals surface area contributed by atoms with Crippen molar-refractivity contribution in [2.24, 2.45) is 5.41 Å². The molecule has 0 aromatic carbocycles. The Morgan fingerprint density at radius 3 is 1.69 bits per heavy atom. The number of allylic oxidation sites excluding steroid dienone is 4. The smallest absolute Gasteiger partial charge is 0.0753 e. The molecular weight excluding hydrogens is 172 g/mol. The van der Waals surface area contributed by atoms with Gasteiger partial charge in [0.25, 0.3) is 0 Å². The van der Waals surface area contributed by atoms with Gasteiger partial charge in [-0.2, -0.15) is 0 Å². The van der Waals surface area contributed by atoms with Crippen molar-refractivity contribution in [3.63, 3.8) is 0 Å². The van der Waals surface area contributed by atoms with Crippen LogP contribution in [0.25, 0.3) is 0 Å². The maximum absolute atomic E-state index is 2.49. The second kappa shape index (κ2) is 2.84. The summed E-state index contributed by atoms with van der Waals surface area (Å²) in [7, 11) is -1.11. The van der Waals surface area contributed by atoms with Crippen molar-refractivity contribution in [2.45, 2.75) is 47.3 Å². The maximum Gasteiger partial charge on any atom is 0.0775 e. The first kappa shape index (κ1) is 10.8. The summed E-state index contributed by atoms with van der Waals surface area (Å²) < 4.78 is 0. The highest BCUT2D eigenvalue weighted by atomic mass is 28.3. The van der Waals surface area contributed by atoms with E-state index in [1.54, 1.807) is 16.3 Å².